The molecular formula is C73H68N4O. The number of hydrogen-bond acceptors (Lipinski definition) is 4. The van der Waals surface area contributed by atoms with Crippen molar-refractivity contribution in [3.63, 3.8) is 0 Å². The van der Waals surface area contributed by atoms with Gasteiger partial charge in [-0.15, -0.1) is 0 Å². The summed E-state index contributed by atoms with van der Waals surface area (Å²) in [4.78, 5) is 9.87. The summed E-state index contributed by atoms with van der Waals surface area (Å²) < 4.78 is 35.1. The van der Waals surface area contributed by atoms with Crippen LogP contribution in [-0.2, 0) is 16.2 Å². The van der Waals surface area contributed by atoms with E-state index in [1.165, 1.54) is 38.9 Å². The van der Waals surface area contributed by atoms with Crippen molar-refractivity contribution >= 4 is 44.6 Å². The lowest BCUT2D eigenvalue weighted by molar-refractivity contribution is 0.483. The van der Waals surface area contributed by atoms with Gasteiger partial charge in [0.05, 0.1) is 28.1 Å². The molecule has 0 atom stereocenters. The van der Waals surface area contributed by atoms with Crippen LogP contribution in [0.5, 0.6) is 11.5 Å². The van der Waals surface area contributed by atoms with E-state index < -0.39 is 6.85 Å². The Labute approximate surface area is 465 Å². The zero-order chi connectivity index (χ0) is 56.6. The maximum Gasteiger partial charge on any atom is 0.137 e. The first-order chi connectivity index (χ1) is 38.7. The highest BCUT2D eigenvalue weighted by Crippen LogP contribution is 2.52. The van der Waals surface area contributed by atoms with Gasteiger partial charge in [0.1, 0.15) is 24.0 Å². The molecule has 2 aromatic heterocycles. The molecular weight excluding hydrogens is 949 g/mol. The molecule has 0 amide bonds. The highest BCUT2D eigenvalue weighted by molar-refractivity contribution is 6.09. The summed E-state index contributed by atoms with van der Waals surface area (Å²) in [6.45, 7) is 18.4. The maximum absolute atomic E-state index is 8.72. The second-order valence-corrected chi connectivity index (χ2v) is 23.9. The third-order valence-corrected chi connectivity index (χ3v) is 15.5. The van der Waals surface area contributed by atoms with Gasteiger partial charge in [-0.1, -0.05) is 214 Å². The van der Waals surface area contributed by atoms with Crippen molar-refractivity contribution < 1.29 is 8.85 Å². The number of rotatable bonds is 9. The van der Waals surface area contributed by atoms with Gasteiger partial charge < -0.3 is 14.5 Å². The number of fused-ring (bicyclic) bond motifs is 4. The predicted molar refractivity (Wildman–Crippen MR) is 330 cm³/mol. The molecule has 0 saturated heterocycles. The van der Waals surface area contributed by atoms with Crippen molar-refractivity contribution in [1.29, 1.82) is 0 Å². The lowest BCUT2D eigenvalue weighted by Crippen LogP contribution is -2.25. The molecule has 0 bridgehead atoms. The lowest BCUT2D eigenvalue weighted by Gasteiger charge is -2.29. The first-order valence-corrected chi connectivity index (χ1v) is 27.2. The number of benzene rings is 9. The molecule has 78 heavy (non-hydrogen) atoms. The minimum atomic E-state index is -2.39. The largest absolute Gasteiger partial charge is 0.457 e. The number of aromatic nitrogens is 2. The van der Waals surface area contributed by atoms with E-state index >= 15 is 0 Å². The molecule has 12 rings (SSSR count). The average molecular weight is 1020 g/mol. The fourth-order valence-electron chi connectivity index (χ4n) is 11.3. The third kappa shape index (κ3) is 9.31. The quantitative estimate of drug-likeness (QED) is 0.144. The van der Waals surface area contributed by atoms with Crippen LogP contribution in [0.2, 0.25) is 0 Å². The number of anilines is 4. The van der Waals surface area contributed by atoms with Crippen molar-refractivity contribution in [2.45, 2.75) is 85.4 Å². The molecule has 0 unspecified atom stereocenters. The minimum absolute atomic E-state index is 0.0356. The number of pyridine rings is 1. The first-order valence-electron chi connectivity index (χ1n) is 28.7. The van der Waals surface area contributed by atoms with Gasteiger partial charge in [-0.25, -0.2) is 4.98 Å². The predicted octanol–water partition coefficient (Wildman–Crippen LogP) is 20.1. The SMILES string of the molecule is [2H]C([2H])([2H])c1cc(-n2c3ccccc3c3ccc(Oc4cccc(N5CN(c6c(-c7ccc(-c8cccc(C(C)(C)C)c8)cc7)cccc6-c6ccccc6C(C)(C)C)c6ccccc65)c4)cc32)ncc1-c1ccc(C(C)(C)C)cc1. The lowest BCUT2D eigenvalue weighted by atomic mass is 9.81. The van der Waals surface area contributed by atoms with Crippen LogP contribution in [0.15, 0.2) is 219 Å². The first kappa shape index (κ1) is 46.6. The summed E-state index contributed by atoms with van der Waals surface area (Å²) in [5.74, 6) is 1.84. The normalized spacial score (nSPS) is 13.6. The molecule has 1 aliphatic rings. The van der Waals surface area contributed by atoms with Crippen molar-refractivity contribution in [3.05, 3.63) is 241 Å². The summed E-state index contributed by atoms with van der Waals surface area (Å²) >= 11 is 0. The highest BCUT2D eigenvalue weighted by Gasteiger charge is 2.33. The van der Waals surface area contributed by atoms with E-state index in [1.807, 2.05) is 42.5 Å². The van der Waals surface area contributed by atoms with E-state index in [0.717, 1.165) is 61.2 Å². The molecule has 386 valence electrons. The van der Waals surface area contributed by atoms with Gasteiger partial charge >= 0.3 is 0 Å². The fourth-order valence-corrected chi connectivity index (χ4v) is 11.3. The van der Waals surface area contributed by atoms with Gasteiger partial charge in [-0.3, -0.25) is 4.57 Å². The monoisotopic (exact) mass is 1020 g/mol. The Morgan fingerprint density at radius 1 is 0.436 bits per heavy atom. The molecule has 0 fully saturated rings. The van der Waals surface area contributed by atoms with Crippen LogP contribution in [0, 0.1) is 6.85 Å². The molecule has 3 heterocycles. The molecule has 0 radical (unpaired) electrons. The van der Waals surface area contributed by atoms with Crippen LogP contribution >= 0.6 is 0 Å². The summed E-state index contributed by atoms with van der Waals surface area (Å²) in [5, 5.41) is 2.04. The average Bonchev–Trinajstić information content (AvgIpc) is 4.08. The highest BCUT2D eigenvalue weighted by atomic mass is 16.5. The molecule has 0 spiro atoms. The molecule has 5 heteroatoms. The standard InChI is InChI=1S/C73H68N4O/c1-48-42-69(74-46-63(48)51-36-38-53(39-37-51)71(2,3)4)77-65-29-14-12-25-60(65)61-41-40-57(45-68(61)77)78-56-23-18-22-55(44-56)75-47-76(67-31-16-15-30-66(67)75)70-58(26-19-27-62(70)59-24-11-13-28-64(59)73(8,9)10)50-34-32-49(33-35-50)52-20-17-21-54(43-52)72(5,6)7/h11-46H,47H2,1-10H3/i1D3. The number of nitrogens with zero attached hydrogens (tertiary/aromatic N) is 4. The van der Waals surface area contributed by atoms with Gasteiger partial charge in [0.15, 0.2) is 0 Å². The Bertz CT molecular complexity index is 4170. The van der Waals surface area contributed by atoms with Crippen LogP contribution in [0.3, 0.4) is 0 Å². The molecule has 1 aliphatic heterocycles. The van der Waals surface area contributed by atoms with Crippen molar-refractivity contribution in [1.82, 2.24) is 9.55 Å². The summed E-state index contributed by atoms with van der Waals surface area (Å²) in [6, 6.07) is 74.9. The van der Waals surface area contributed by atoms with Gasteiger partial charge in [-0.2, -0.15) is 0 Å². The van der Waals surface area contributed by atoms with Crippen LogP contribution in [0.25, 0.3) is 72.1 Å². The summed E-state index contributed by atoms with van der Waals surface area (Å²) in [6.07, 6.45) is 1.71. The van der Waals surface area contributed by atoms with Crippen LogP contribution in [0.1, 0.15) is 88.7 Å². The second-order valence-electron chi connectivity index (χ2n) is 23.9. The maximum atomic E-state index is 8.72. The molecule has 5 nitrogen and oxygen atoms in total. The molecule has 11 aromatic rings. The Morgan fingerprint density at radius 2 is 1.05 bits per heavy atom. The Morgan fingerprint density at radius 3 is 1.81 bits per heavy atom. The number of ether oxygens (including phenoxy) is 1. The number of aryl methyl sites for hydroxylation is 1. The van der Waals surface area contributed by atoms with E-state index in [1.54, 1.807) is 12.3 Å². The molecule has 0 N–H and O–H groups in total. The molecule has 9 aromatic carbocycles. The second kappa shape index (κ2) is 19.4. The van der Waals surface area contributed by atoms with Crippen LogP contribution in [-0.4, -0.2) is 16.2 Å². The number of para-hydroxylation sites is 4. The van der Waals surface area contributed by atoms with Gasteiger partial charge in [0, 0.05) is 55.6 Å². The zero-order valence-corrected chi connectivity index (χ0v) is 46.2. The van der Waals surface area contributed by atoms with Gasteiger partial charge in [-0.05, 0) is 122 Å². The zero-order valence-electron chi connectivity index (χ0n) is 49.2. The Hall–Kier alpha value is -8.67. The summed E-state index contributed by atoms with van der Waals surface area (Å²) in [5.41, 5.74) is 18.5. The van der Waals surface area contributed by atoms with E-state index in [-0.39, 0.29) is 21.8 Å². The smallest absolute Gasteiger partial charge is 0.137 e. The van der Waals surface area contributed by atoms with Gasteiger partial charge in [0.2, 0.25) is 0 Å². The van der Waals surface area contributed by atoms with E-state index in [2.05, 4.69) is 240 Å². The molecule has 0 saturated carbocycles. The van der Waals surface area contributed by atoms with Crippen molar-refractivity contribution in [3.8, 4) is 61.8 Å². The van der Waals surface area contributed by atoms with Gasteiger partial charge in [0.25, 0.3) is 0 Å². The minimum Gasteiger partial charge on any atom is -0.457 e. The van der Waals surface area contributed by atoms with E-state index in [9.17, 15) is 0 Å². The Balaban J connectivity index is 0.914. The molecule has 0 aliphatic carbocycles. The van der Waals surface area contributed by atoms with Crippen LogP contribution < -0.4 is 14.5 Å². The third-order valence-electron chi connectivity index (χ3n) is 15.5. The van der Waals surface area contributed by atoms with E-state index in [4.69, 9.17) is 13.8 Å². The van der Waals surface area contributed by atoms with E-state index in [0.29, 0.717) is 29.5 Å². The van der Waals surface area contributed by atoms with Crippen LogP contribution in [0.4, 0.5) is 22.7 Å². The fraction of sp³-hybridized carbons (Fsp3) is 0.192. The topological polar surface area (TPSA) is 33.5 Å². The number of hydrogen-bond donors (Lipinski definition) is 0. The van der Waals surface area contributed by atoms with Crippen molar-refractivity contribution in [2.24, 2.45) is 0 Å². The van der Waals surface area contributed by atoms with Crippen molar-refractivity contribution in [2.75, 3.05) is 16.5 Å². The Kier molecular flexibility index (Phi) is 11.6. The summed E-state index contributed by atoms with van der Waals surface area (Å²) in [7, 11) is 0.